The number of carboxylic acids is 1. The highest BCUT2D eigenvalue weighted by atomic mass is 19.3. The maximum absolute atomic E-state index is 12.8. The number of aryl methyl sites for hydroxylation is 1. The highest BCUT2D eigenvalue weighted by molar-refractivity contribution is 5.74. The van der Waals surface area contributed by atoms with E-state index in [0.29, 0.717) is 18.4 Å². The number of likely N-dealkylation sites (N-methyl/N-ethyl adjacent to an activating group) is 1. The van der Waals surface area contributed by atoms with Gasteiger partial charge in [-0.15, -0.1) is 0 Å². The van der Waals surface area contributed by atoms with Gasteiger partial charge in [-0.05, 0) is 44.5 Å². The molecule has 1 aromatic carbocycles. The van der Waals surface area contributed by atoms with Crippen LogP contribution in [0.2, 0.25) is 0 Å². The van der Waals surface area contributed by atoms with Crippen LogP contribution in [0, 0.1) is 6.92 Å². The van der Waals surface area contributed by atoms with Crippen molar-refractivity contribution in [2.24, 2.45) is 0 Å². The number of halogens is 2. The monoisotopic (exact) mass is 415 g/mol. The van der Waals surface area contributed by atoms with Crippen molar-refractivity contribution in [3.05, 3.63) is 65.1 Å². The van der Waals surface area contributed by atoms with Gasteiger partial charge in [-0.25, -0.2) is 4.98 Å². The van der Waals surface area contributed by atoms with E-state index in [1.54, 1.807) is 18.2 Å². The molecule has 30 heavy (non-hydrogen) atoms. The molecule has 3 aromatic rings. The Morgan fingerprint density at radius 3 is 2.73 bits per heavy atom. The van der Waals surface area contributed by atoms with Gasteiger partial charge in [0.15, 0.2) is 0 Å². The third kappa shape index (κ3) is 3.75. The number of likely N-dealkylation sites (tertiary alicyclic amines) is 1. The van der Waals surface area contributed by atoms with Gasteiger partial charge in [0.1, 0.15) is 17.4 Å². The van der Waals surface area contributed by atoms with Crippen molar-refractivity contribution in [2.45, 2.75) is 44.9 Å². The van der Waals surface area contributed by atoms with Crippen LogP contribution >= 0.6 is 0 Å². The van der Waals surface area contributed by atoms with E-state index in [2.05, 4.69) is 9.72 Å². The Morgan fingerprint density at radius 1 is 1.27 bits per heavy atom. The van der Waals surface area contributed by atoms with Gasteiger partial charge in [-0.2, -0.15) is 8.78 Å². The van der Waals surface area contributed by atoms with Gasteiger partial charge in [-0.3, -0.25) is 9.69 Å². The molecular formula is C22H23F2N3O3. The number of aliphatic carboxylic acids is 1. The number of para-hydroxylation sites is 1. The van der Waals surface area contributed by atoms with Crippen molar-refractivity contribution in [3.63, 3.8) is 0 Å². The Labute approximate surface area is 172 Å². The fourth-order valence-electron chi connectivity index (χ4n) is 4.32. The molecule has 1 aliphatic rings. The summed E-state index contributed by atoms with van der Waals surface area (Å²) in [7, 11) is 1.83. The Morgan fingerprint density at radius 2 is 2.03 bits per heavy atom. The molecule has 0 radical (unpaired) electrons. The summed E-state index contributed by atoms with van der Waals surface area (Å²) in [6, 6.07) is 10.1. The smallest absolute Gasteiger partial charge is 0.387 e. The number of benzene rings is 1. The molecule has 6 nitrogen and oxygen atoms in total. The topological polar surface area (TPSA) is 67.1 Å². The number of carbonyl (C=O) groups is 1. The largest absolute Gasteiger partial charge is 0.480 e. The number of alkyl halides is 2. The number of hydrogen-bond donors (Lipinski definition) is 1. The first-order chi connectivity index (χ1) is 14.3. The van der Waals surface area contributed by atoms with Crippen molar-refractivity contribution in [1.82, 2.24) is 14.3 Å². The van der Waals surface area contributed by atoms with Gasteiger partial charge in [0.05, 0.1) is 5.69 Å². The minimum Gasteiger partial charge on any atom is -0.480 e. The van der Waals surface area contributed by atoms with Crippen LogP contribution < -0.4 is 4.74 Å². The molecule has 1 saturated heterocycles. The molecule has 2 atom stereocenters. The molecule has 8 heteroatoms. The molecule has 1 aliphatic heterocycles. The van der Waals surface area contributed by atoms with Gasteiger partial charge in [-0.1, -0.05) is 24.3 Å². The van der Waals surface area contributed by atoms with Gasteiger partial charge in [0, 0.05) is 29.9 Å². The van der Waals surface area contributed by atoms with Crippen molar-refractivity contribution in [3.8, 4) is 5.75 Å². The third-order valence-electron chi connectivity index (χ3n) is 5.85. The number of imidazole rings is 1. The van der Waals surface area contributed by atoms with Crippen LogP contribution in [-0.2, 0) is 11.2 Å². The molecule has 3 heterocycles. The Bertz CT molecular complexity index is 1080. The van der Waals surface area contributed by atoms with E-state index in [1.165, 1.54) is 6.07 Å². The summed E-state index contributed by atoms with van der Waals surface area (Å²) in [5.74, 6) is -0.659. The molecular weight excluding hydrogens is 392 g/mol. The molecule has 0 saturated carbocycles. The summed E-state index contributed by atoms with van der Waals surface area (Å²) in [6.45, 7) is -0.998. The van der Waals surface area contributed by atoms with Gasteiger partial charge in [0.2, 0.25) is 0 Å². The van der Waals surface area contributed by atoms with Crippen LogP contribution in [0.5, 0.6) is 5.75 Å². The van der Waals surface area contributed by atoms with E-state index in [-0.39, 0.29) is 11.8 Å². The average molecular weight is 415 g/mol. The molecule has 0 amide bonds. The van der Waals surface area contributed by atoms with Crippen LogP contribution in [0.25, 0.3) is 5.65 Å². The van der Waals surface area contributed by atoms with Gasteiger partial charge < -0.3 is 14.2 Å². The Balaban J connectivity index is 1.70. The number of rotatable bonds is 6. The lowest BCUT2D eigenvalue weighted by atomic mass is 10.1. The number of carboxylic acid groups (broad SMARTS) is 1. The normalized spacial score (nSPS) is 19.6. The van der Waals surface area contributed by atoms with E-state index in [9.17, 15) is 18.7 Å². The van der Waals surface area contributed by atoms with E-state index in [4.69, 9.17) is 0 Å². The second-order valence-electron chi connectivity index (χ2n) is 7.61. The predicted octanol–water partition coefficient (Wildman–Crippen LogP) is 4.05. The Kier molecular flexibility index (Phi) is 5.42. The minimum atomic E-state index is -2.89. The van der Waals surface area contributed by atoms with E-state index >= 15 is 0 Å². The summed E-state index contributed by atoms with van der Waals surface area (Å²) in [5.41, 5.74) is 4.10. The zero-order valence-electron chi connectivity index (χ0n) is 16.8. The fraction of sp³-hybridized carbons (Fsp3) is 0.364. The lowest BCUT2D eigenvalue weighted by Gasteiger charge is -2.23. The maximum Gasteiger partial charge on any atom is 0.387 e. The second kappa shape index (κ2) is 8.02. The quantitative estimate of drug-likeness (QED) is 0.658. The van der Waals surface area contributed by atoms with Gasteiger partial charge in [0.25, 0.3) is 0 Å². The van der Waals surface area contributed by atoms with Crippen LogP contribution in [-0.4, -0.2) is 45.1 Å². The van der Waals surface area contributed by atoms with Crippen LogP contribution in [0.4, 0.5) is 8.78 Å². The summed E-state index contributed by atoms with van der Waals surface area (Å²) in [4.78, 5) is 17.9. The highest BCUT2D eigenvalue weighted by Gasteiger charge is 2.36. The maximum atomic E-state index is 12.8. The molecule has 1 unspecified atom stereocenters. The third-order valence-corrected chi connectivity index (χ3v) is 5.85. The van der Waals surface area contributed by atoms with Crippen LogP contribution in [0.3, 0.4) is 0 Å². The molecule has 1 N–H and O–H groups in total. The molecule has 0 bridgehead atoms. The number of nitrogens with zero attached hydrogens (tertiary/aromatic N) is 3. The SMILES string of the molecule is Cc1nc2ccc(C3CC[C@@H](C(=O)O)N3C)cn2c1Cc1ccccc1OC(F)F. The molecule has 1 fully saturated rings. The average Bonchev–Trinajstić information content (AvgIpc) is 3.22. The van der Waals surface area contributed by atoms with Crippen molar-refractivity contribution < 1.29 is 23.4 Å². The molecule has 0 aliphatic carbocycles. The van der Waals surface area contributed by atoms with Gasteiger partial charge >= 0.3 is 12.6 Å². The zero-order valence-corrected chi connectivity index (χ0v) is 16.8. The number of hydrogen-bond acceptors (Lipinski definition) is 4. The van der Waals surface area contributed by atoms with Crippen LogP contribution in [0.15, 0.2) is 42.6 Å². The van der Waals surface area contributed by atoms with E-state index in [1.807, 2.05) is 41.6 Å². The zero-order chi connectivity index (χ0) is 21.4. The first-order valence-electron chi connectivity index (χ1n) is 9.80. The first-order valence-corrected chi connectivity index (χ1v) is 9.80. The number of ether oxygens (including phenoxy) is 1. The number of fused-ring (bicyclic) bond motifs is 1. The Hall–Kier alpha value is -3.00. The minimum absolute atomic E-state index is 0.000472. The number of pyridine rings is 1. The number of aromatic nitrogens is 2. The molecule has 2 aromatic heterocycles. The second-order valence-corrected chi connectivity index (χ2v) is 7.61. The van der Waals surface area contributed by atoms with E-state index < -0.39 is 18.6 Å². The summed E-state index contributed by atoms with van der Waals surface area (Å²) in [5, 5.41) is 9.40. The summed E-state index contributed by atoms with van der Waals surface area (Å²) >= 11 is 0. The summed E-state index contributed by atoms with van der Waals surface area (Å²) < 4.78 is 32.2. The molecule has 4 rings (SSSR count). The van der Waals surface area contributed by atoms with Crippen LogP contribution in [0.1, 0.15) is 41.4 Å². The molecule has 158 valence electrons. The van der Waals surface area contributed by atoms with Crippen molar-refractivity contribution >= 4 is 11.6 Å². The molecule has 0 spiro atoms. The first kappa shape index (κ1) is 20.3. The van der Waals surface area contributed by atoms with E-state index in [0.717, 1.165) is 29.0 Å². The predicted molar refractivity (Wildman–Crippen MR) is 107 cm³/mol. The lowest BCUT2D eigenvalue weighted by molar-refractivity contribution is -0.142. The standard InChI is InChI=1S/C22H23F2N3O3/c1-13-18(11-14-5-3-4-6-19(14)30-22(23)24)27-12-15(7-10-20(27)25-13)16-8-9-17(21(28)29)26(16)2/h3-7,10,12,16-17,22H,8-9,11H2,1-2H3,(H,28,29)/t16?,17-/m0/s1. The van der Waals surface area contributed by atoms with Crippen molar-refractivity contribution in [2.75, 3.05) is 7.05 Å². The summed E-state index contributed by atoms with van der Waals surface area (Å²) in [6.07, 6.45) is 3.72. The highest BCUT2D eigenvalue weighted by Crippen LogP contribution is 2.35. The van der Waals surface area contributed by atoms with Crippen molar-refractivity contribution in [1.29, 1.82) is 0 Å². The lowest BCUT2D eigenvalue weighted by Crippen LogP contribution is -2.34. The fourth-order valence-corrected chi connectivity index (χ4v) is 4.32.